The number of carbonyl (C=O) groups excluding carboxylic acids is 2. The van der Waals surface area contributed by atoms with Crippen LogP contribution in [-0.4, -0.2) is 34.6 Å². The van der Waals surface area contributed by atoms with Crippen LogP contribution in [0.25, 0.3) is 0 Å². The van der Waals surface area contributed by atoms with E-state index in [2.05, 4.69) is 5.32 Å². The minimum Gasteiger partial charge on any atom is -0.352 e. The molecule has 1 atom stereocenters. The van der Waals surface area contributed by atoms with Gasteiger partial charge in [0.05, 0.1) is 5.75 Å². The minimum absolute atomic E-state index is 0.0296. The van der Waals surface area contributed by atoms with E-state index in [9.17, 15) is 18.4 Å². The van der Waals surface area contributed by atoms with Crippen LogP contribution in [0.4, 0.5) is 8.78 Å². The van der Waals surface area contributed by atoms with Gasteiger partial charge in [0.1, 0.15) is 17.7 Å². The third-order valence-electron chi connectivity index (χ3n) is 5.82. The zero-order valence-corrected chi connectivity index (χ0v) is 19.2. The predicted octanol–water partition coefficient (Wildman–Crippen LogP) is 5.06. The Labute approximate surface area is 192 Å². The van der Waals surface area contributed by atoms with Gasteiger partial charge in [0, 0.05) is 23.9 Å². The van der Waals surface area contributed by atoms with E-state index >= 15 is 0 Å². The Bertz CT molecular complexity index is 901. The maximum absolute atomic E-state index is 14.3. The van der Waals surface area contributed by atoms with Crippen LogP contribution in [-0.2, 0) is 21.9 Å². The van der Waals surface area contributed by atoms with Gasteiger partial charge in [-0.05, 0) is 43.5 Å². The molecular weight excluding hydrogens is 430 g/mol. The largest absolute Gasteiger partial charge is 0.352 e. The van der Waals surface area contributed by atoms with Crippen LogP contribution in [0.15, 0.2) is 48.5 Å². The van der Waals surface area contributed by atoms with Crippen LogP contribution in [0.3, 0.4) is 0 Å². The highest BCUT2D eigenvalue weighted by molar-refractivity contribution is 7.99. The van der Waals surface area contributed by atoms with Crippen LogP contribution in [0.5, 0.6) is 0 Å². The van der Waals surface area contributed by atoms with Gasteiger partial charge < -0.3 is 10.2 Å². The Balaban J connectivity index is 1.65. The fraction of sp³-hybridized carbons (Fsp3) is 0.440. The Morgan fingerprint density at radius 2 is 1.75 bits per heavy atom. The van der Waals surface area contributed by atoms with Crippen molar-refractivity contribution in [3.63, 3.8) is 0 Å². The molecule has 0 radical (unpaired) electrons. The zero-order chi connectivity index (χ0) is 22.9. The number of thioether (sulfide) groups is 1. The number of hydrogen-bond donors (Lipinski definition) is 1. The topological polar surface area (TPSA) is 49.4 Å². The molecule has 0 aliphatic heterocycles. The number of carbonyl (C=O) groups is 2. The summed E-state index contributed by atoms with van der Waals surface area (Å²) in [6, 6.07) is 11.9. The second kappa shape index (κ2) is 12.0. The highest BCUT2D eigenvalue weighted by Gasteiger charge is 2.28. The second-order valence-corrected chi connectivity index (χ2v) is 9.24. The number of nitrogens with one attached hydrogen (secondary N) is 1. The number of halogens is 2. The van der Waals surface area contributed by atoms with Gasteiger partial charge in [-0.3, -0.25) is 9.59 Å². The van der Waals surface area contributed by atoms with Gasteiger partial charge in [0.15, 0.2) is 0 Å². The summed E-state index contributed by atoms with van der Waals surface area (Å²) in [6.07, 6.45) is 5.28. The lowest BCUT2D eigenvalue weighted by Crippen LogP contribution is -2.51. The Morgan fingerprint density at radius 3 is 2.44 bits per heavy atom. The lowest BCUT2D eigenvalue weighted by Gasteiger charge is -2.31. The zero-order valence-electron chi connectivity index (χ0n) is 18.4. The molecule has 32 heavy (non-hydrogen) atoms. The van der Waals surface area contributed by atoms with Gasteiger partial charge in [-0.1, -0.05) is 49.6 Å². The van der Waals surface area contributed by atoms with E-state index in [1.165, 1.54) is 41.3 Å². The molecule has 1 aliphatic carbocycles. The summed E-state index contributed by atoms with van der Waals surface area (Å²) in [4.78, 5) is 27.5. The number of rotatable bonds is 9. The molecule has 0 spiro atoms. The molecule has 3 rings (SSSR count). The van der Waals surface area contributed by atoms with Crippen LogP contribution >= 0.6 is 11.8 Å². The van der Waals surface area contributed by atoms with Crippen molar-refractivity contribution < 1.29 is 18.4 Å². The van der Waals surface area contributed by atoms with Crippen molar-refractivity contribution in [2.45, 2.75) is 63.4 Å². The first kappa shape index (κ1) is 24.2. The summed E-state index contributed by atoms with van der Waals surface area (Å²) in [5.41, 5.74) is 1.29. The first-order valence-electron chi connectivity index (χ1n) is 11.1. The molecule has 4 nitrogen and oxygen atoms in total. The summed E-state index contributed by atoms with van der Waals surface area (Å²) in [5, 5.41) is 3.07. The molecule has 2 aromatic carbocycles. The third kappa shape index (κ3) is 7.05. The second-order valence-electron chi connectivity index (χ2n) is 8.25. The summed E-state index contributed by atoms with van der Waals surface area (Å²) in [6.45, 7) is 1.73. The number of benzene rings is 2. The lowest BCUT2D eigenvalue weighted by molar-refractivity contribution is -0.139. The molecule has 0 bridgehead atoms. The average Bonchev–Trinajstić information content (AvgIpc) is 2.80. The van der Waals surface area contributed by atoms with Gasteiger partial charge in [-0.25, -0.2) is 8.78 Å². The molecule has 1 fully saturated rings. The van der Waals surface area contributed by atoms with E-state index in [0.29, 0.717) is 11.3 Å². The van der Waals surface area contributed by atoms with Gasteiger partial charge >= 0.3 is 0 Å². The minimum atomic E-state index is -0.713. The number of nitrogens with zero attached hydrogens (tertiary/aromatic N) is 1. The summed E-state index contributed by atoms with van der Waals surface area (Å²) < 4.78 is 27.4. The predicted molar refractivity (Wildman–Crippen MR) is 124 cm³/mol. The summed E-state index contributed by atoms with van der Waals surface area (Å²) in [7, 11) is 0. The van der Waals surface area contributed by atoms with Gasteiger partial charge in [0.25, 0.3) is 0 Å². The fourth-order valence-electron chi connectivity index (χ4n) is 3.88. The number of amides is 2. The van der Waals surface area contributed by atoms with Crippen molar-refractivity contribution in [1.29, 1.82) is 0 Å². The molecule has 0 heterocycles. The molecule has 0 saturated heterocycles. The Morgan fingerprint density at radius 1 is 1.06 bits per heavy atom. The highest BCUT2D eigenvalue weighted by Crippen LogP contribution is 2.20. The van der Waals surface area contributed by atoms with Crippen molar-refractivity contribution in [2.24, 2.45) is 0 Å². The van der Waals surface area contributed by atoms with E-state index in [0.717, 1.165) is 31.2 Å². The van der Waals surface area contributed by atoms with Crippen molar-refractivity contribution in [2.75, 3.05) is 5.75 Å². The lowest BCUT2D eigenvalue weighted by atomic mass is 9.95. The first-order valence-corrected chi connectivity index (χ1v) is 12.2. The van der Waals surface area contributed by atoms with E-state index in [1.54, 1.807) is 37.3 Å². The van der Waals surface area contributed by atoms with Crippen molar-refractivity contribution in [3.05, 3.63) is 71.3 Å². The molecule has 2 aromatic rings. The molecule has 1 aliphatic rings. The Kier molecular flexibility index (Phi) is 9.09. The van der Waals surface area contributed by atoms with Gasteiger partial charge in [-0.15, -0.1) is 11.8 Å². The van der Waals surface area contributed by atoms with E-state index in [-0.39, 0.29) is 36.0 Å². The highest BCUT2D eigenvalue weighted by atomic mass is 32.2. The maximum Gasteiger partial charge on any atom is 0.242 e. The smallest absolute Gasteiger partial charge is 0.242 e. The van der Waals surface area contributed by atoms with Gasteiger partial charge in [-0.2, -0.15) is 0 Å². The molecule has 1 saturated carbocycles. The molecule has 1 N–H and O–H groups in total. The van der Waals surface area contributed by atoms with E-state index < -0.39 is 11.9 Å². The van der Waals surface area contributed by atoms with Crippen LogP contribution in [0.1, 0.15) is 50.2 Å². The monoisotopic (exact) mass is 460 g/mol. The molecule has 0 aromatic heterocycles. The SMILES string of the molecule is C[C@H](C(=O)NC1CCCCC1)N(Cc1ccccc1F)C(=O)CSCc1ccc(F)cc1. The van der Waals surface area contributed by atoms with Crippen LogP contribution in [0.2, 0.25) is 0 Å². The van der Waals surface area contributed by atoms with Crippen molar-refractivity contribution in [3.8, 4) is 0 Å². The van der Waals surface area contributed by atoms with Gasteiger partial charge in [0.2, 0.25) is 11.8 Å². The van der Waals surface area contributed by atoms with Crippen molar-refractivity contribution >= 4 is 23.6 Å². The standard InChI is InChI=1S/C25H30F2N2O2S/c1-18(25(31)28-22-8-3-2-4-9-22)29(15-20-7-5-6-10-23(20)27)24(30)17-32-16-19-11-13-21(26)14-12-19/h5-7,10-14,18,22H,2-4,8-9,15-17H2,1H3,(H,28,31)/t18-/m1/s1. The maximum atomic E-state index is 14.3. The number of hydrogen-bond acceptors (Lipinski definition) is 3. The normalized spacial score (nSPS) is 15.2. The molecule has 7 heteroatoms. The van der Waals surface area contributed by atoms with Crippen LogP contribution in [0, 0.1) is 11.6 Å². The average molecular weight is 461 g/mol. The fourth-order valence-corrected chi connectivity index (χ4v) is 4.75. The van der Waals surface area contributed by atoms with Crippen LogP contribution < -0.4 is 5.32 Å². The molecule has 0 unspecified atom stereocenters. The van der Waals surface area contributed by atoms with E-state index in [4.69, 9.17) is 0 Å². The summed E-state index contributed by atoms with van der Waals surface area (Å²) in [5.74, 6) is -0.445. The molecular formula is C25H30F2N2O2S. The van der Waals surface area contributed by atoms with E-state index in [1.807, 2.05) is 0 Å². The third-order valence-corrected chi connectivity index (χ3v) is 6.81. The molecule has 172 valence electrons. The quantitative estimate of drug-likeness (QED) is 0.569. The van der Waals surface area contributed by atoms with Crippen molar-refractivity contribution in [1.82, 2.24) is 10.2 Å². The Hall–Kier alpha value is -2.41. The first-order chi connectivity index (χ1) is 15.4. The molecule has 2 amide bonds. The summed E-state index contributed by atoms with van der Waals surface area (Å²) >= 11 is 1.39.